The van der Waals surface area contributed by atoms with E-state index in [4.69, 9.17) is 0 Å². The molecule has 1 saturated heterocycles. The first-order valence-corrected chi connectivity index (χ1v) is 7.48. The molecule has 2 N–H and O–H groups in total. The van der Waals surface area contributed by atoms with Gasteiger partial charge >= 0.3 is 0 Å². The van der Waals surface area contributed by atoms with Gasteiger partial charge in [0.25, 0.3) is 0 Å². The average Bonchev–Trinajstić information content (AvgIpc) is 3.09. The van der Waals surface area contributed by atoms with Crippen LogP contribution in [0.5, 0.6) is 0 Å². The zero-order valence-electron chi connectivity index (χ0n) is 12.3. The Labute approximate surface area is 112 Å². The van der Waals surface area contributed by atoms with Crippen molar-refractivity contribution >= 4 is 0 Å². The molecule has 2 fully saturated rings. The molecule has 0 aromatic heterocycles. The predicted octanol–water partition coefficient (Wildman–Crippen LogP) is 1.72. The van der Waals surface area contributed by atoms with Crippen LogP contribution < -0.4 is 5.32 Å². The first kappa shape index (κ1) is 14.3. The van der Waals surface area contributed by atoms with Crippen LogP contribution in [0.15, 0.2) is 0 Å². The minimum absolute atomic E-state index is 0.236. The molecule has 1 saturated carbocycles. The number of piperidine rings is 1. The topological polar surface area (TPSA) is 35.5 Å². The first-order valence-electron chi connectivity index (χ1n) is 7.48. The molecule has 1 atom stereocenters. The molecule has 0 aromatic rings. The highest BCUT2D eigenvalue weighted by Gasteiger charge is 2.42. The van der Waals surface area contributed by atoms with Crippen molar-refractivity contribution in [3.63, 3.8) is 0 Å². The molecule has 0 amide bonds. The fourth-order valence-electron chi connectivity index (χ4n) is 3.17. The molecular weight excluding hydrogens is 224 g/mol. The lowest BCUT2D eigenvalue weighted by Crippen LogP contribution is -2.45. The molecule has 18 heavy (non-hydrogen) atoms. The van der Waals surface area contributed by atoms with Gasteiger partial charge in [0.15, 0.2) is 0 Å². The van der Waals surface area contributed by atoms with Crippen LogP contribution in [0, 0.1) is 16.7 Å². The zero-order chi connectivity index (χ0) is 13.2. The van der Waals surface area contributed by atoms with E-state index < -0.39 is 0 Å². The Hall–Kier alpha value is -0.120. The maximum absolute atomic E-state index is 9.32. The summed E-state index contributed by atoms with van der Waals surface area (Å²) >= 11 is 0. The normalized spacial score (nSPS) is 28.3. The summed E-state index contributed by atoms with van der Waals surface area (Å²) in [5, 5.41) is 12.9. The quantitative estimate of drug-likeness (QED) is 0.757. The summed E-state index contributed by atoms with van der Waals surface area (Å²) in [6.07, 6.45) is 5.10. The van der Waals surface area contributed by atoms with E-state index in [9.17, 15) is 5.11 Å². The van der Waals surface area contributed by atoms with E-state index in [1.54, 1.807) is 0 Å². The van der Waals surface area contributed by atoms with Crippen molar-refractivity contribution in [1.29, 1.82) is 0 Å². The fraction of sp³-hybridized carbons (Fsp3) is 1.00. The highest BCUT2D eigenvalue weighted by Crippen LogP contribution is 2.44. The maximum Gasteiger partial charge on any atom is 0.0499 e. The van der Waals surface area contributed by atoms with Crippen molar-refractivity contribution in [1.82, 2.24) is 10.2 Å². The number of rotatable bonds is 6. The second-order valence-corrected chi connectivity index (χ2v) is 7.35. The number of hydrogen-bond acceptors (Lipinski definition) is 3. The van der Waals surface area contributed by atoms with Crippen molar-refractivity contribution in [2.75, 3.05) is 39.8 Å². The molecule has 1 unspecified atom stereocenters. The molecule has 106 valence electrons. The third-order valence-corrected chi connectivity index (χ3v) is 5.10. The van der Waals surface area contributed by atoms with Crippen LogP contribution in [-0.4, -0.2) is 49.8 Å². The van der Waals surface area contributed by atoms with E-state index in [2.05, 4.69) is 31.1 Å². The van der Waals surface area contributed by atoms with Crippen LogP contribution >= 0.6 is 0 Å². The first-order chi connectivity index (χ1) is 8.47. The summed E-state index contributed by atoms with van der Waals surface area (Å²) in [6, 6.07) is 0. The maximum atomic E-state index is 9.32. The van der Waals surface area contributed by atoms with E-state index in [0.29, 0.717) is 12.0 Å². The Morgan fingerprint density at radius 2 is 2.11 bits per heavy atom. The van der Waals surface area contributed by atoms with Gasteiger partial charge in [0.1, 0.15) is 0 Å². The lowest BCUT2D eigenvalue weighted by atomic mass is 9.74. The second kappa shape index (κ2) is 5.48. The monoisotopic (exact) mass is 254 g/mol. The van der Waals surface area contributed by atoms with Gasteiger partial charge in [-0.25, -0.2) is 0 Å². The van der Waals surface area contributed by atoms with Gasteiger partial charge in [-0.05, 0) is 50.6 Å². The van der Waals surface area contributed by atoms with Crippen molar-refractivity contribution in [2.45, 2.75) is 39.5 Å². The van der Waals surface area contributed by atoms with Crippen molar-refractivity contribution in [2.24, 2.45) is 16.7 Å². The van der Waals surface area contributed by atoms with Crippen LogP contribution in [0.2, 0.25) is 0 Å². The Morgan fingerprint density at radius 1 is 1.39 bits per heavy atom. The Kier molecular flexibility index (Phi) is 4.35. The summed E-state index contributed by atoms with van der Waals surface area (Å²) < 4.78 is 0. The number of hydrogen-bond donors (Lipinski definition) is 2. The summed E-state index contributed by atoms with van der Waals surface area (Å²) in [6.45, 7) is 9.70. The highest BCUT2D eigenvalue weighted by atomic mass is 16.3. The number of aliphatic hydroxyl groups excluding tert-OH is 1. The summed E-state index contributed by atoms with van der Waals surface area (Å²) in [4.78, 5) is 2.46. The number of nitrogens with one attached hydrogen (secondary N) is 1. The molecule has 0 radical (unpaired) electrons. The van der Waals surface area contributed by atoms with Crippen molar-refractivity contribution in [3.8, 4) is 0 Å². The molecule has 0 aromatic carbocycles. The van der Waals surface area contributed by atoms with Gasteiger partial charge in [0.05, 0.1) is 0 Å². The number of nitrogens with zero attached hydrogens (tertiary/aromatic N) is 1. The smallest absolute Gasteiger partial charge is 0.0499 e. The SMILES string of the molecule is CN1CCCC(C(C)(C)CNCC2(CO)CC2)C1. The van der Waals surface area contributed by atoms with Crippen molar-refractivity contribution in [3.05, 3.63) is 0 Å². The van der Waals surface area contributed by atoms with Crippen LogP contribution in [0.3, 0.4) is 0 Å². The molecule has 2 rings (SSSR count). The number of likely N-dealkylation sites (tertiary alicyclic amines) is 1. The van der Waals surface area contributed by atoms with Crippen molar-refractivity contribution < 1.29 is 5.11 Å². The van der Waals surface area contributed by atoms with E-state index in [1.165, 1.54) is 38.8 Å². The molecule has 1 heterocycles. The van der Waals surface area contributed by atoms with Gasteiger partial charge in [-0.15, -0.1) is 0 Å². The van der Waals surface area contributed by atoms with Gasteiger partial charge in [-0.1, -0.05) is 13.8 Å². The third kappa shape index (κ3) is 3.46. The van der Waals surface area contributed by atoms with E-state index in [0.717, 1.165) is 19.0 Å². The largest absolute Gasteiger partial charge is 0.396 e. The van der Waals surface area contributed by atoms with Gasteiger partial charge in [0.2, 0.25) is 0 Å². The predicted molar refractivity (Wildman–Crippen MR) is 75.6 cm³/mol. The van der Waals surface area contributed by atoms with E-state index in [-0.39, 0.29) is 5.41 Å². The zero-order valence-corrected chi connectivity index (χ0v) is 12.3. The Bertz CT molecular complexity index is 274. The van der Waals surface area contributed by atoms with Gasteiger partial charge in [-0.2, -0.15) is 0 Å². The average molecular weight is 254 g/mol. The van der Waals surface area contributed by atoms with Gasteiger partial charge in [0, 0.05) is 31.7 Å². The summed E-state index contributed by atoms with van der Waals surface area (Å²) in [5.74, 6) is 0.799. The highest BCUT2D eigenvalue weighted by molar-refractivity contribution is 4.95. The molecule has 2 aliphatic rings. The van der Waals surface area contributed by atoms with Crippen LogP contribution in [0.25, 0.3) is 0 Å². The Balaban J connectivity index is 1.75. The summed E-state index contributed by atoms with van der Waals surface area (Å²) in [7, 11) is 2.24. The van der Waals surface area contributed by atoms with Crippen LogP contribution in [0.1, 0.15) is 39.5 Å². The molecule has 1 aliphatic carbocycles. The number of aliphatic hydroxyl groups is 1. The second-order valence-electron chi connectivity index (χ2n) is 7.35. The fourth-order valence-corrected chi connectivity index (χ4v) is 3.17. The van der Waals surface area contributed by atoms with Gasteiger partial charge < -0.3 is 15.3 Å². The van der Waals surface area contributed by atoms with E-state index in [1.807, 2.05) is 0 Å². The molecule has 1 aliphatic heterocycles. The molecule has 0 spiro atoms. The summed E-state index contributed by atoms with van der Waals surface area (Å²) in [5.41, 5.74) is 0.597. The van der Waals surface area contributed by atoms with Crippen LogP contribution in [-0.2, 0) is 0 Å². The lowest BCUT2D eigenvalue weighted by molar-refractivity contribution is 0.0996. The minimum Gasteiger partial charge on any atom is -0.396 e. The standard InChI is InChI=1S/C15H30N2O/c1-14(2,13-5-4-8-17(3)9-13)10-16-11-15(12-18)6-7-15/h13,16,18H,4-12H2,1-3H3. The lowest BCUT2D eigenvalue weighted by Gasteiger charge is -2.40. The molecular formula is C15H30N2O. The molecule has 3 nitrogen and oxygen atoms in total. The molecule has 0 bridgehead atoms. The van der Waals surface area contributed by atoms with E-state index >= 15 is 0 Å². The Morgan fingerprint density at radius 3 is 2.67 bits per heavy atom. The molecule has 3 heteroatoms. The minimum atomic E-state index is 0.236. The van der Waals surface area contributed by atoms with Crippen LogP contribution in [0.4, 0.5) is 0 Å². The van der Waals surface area contributed by atoms with Gasteiger partial charge in [-0.3, -0.25) is 0 Å². The third-order valence-electron chi connectivity index (χ3n) is 5.10.